The number of aromatic nitrogens is 3. The number of piperidine rings is 1. The zero-order valence-corrected chi connectivity index (χ0v) is 22.2. The number of carbonyl (C=O) groups is 1. The van der Waals surface area contributed by atoms with E-state index >= 15 is 0 Å². The summed E-state index contributed by atoms with van der Waals surface area (Å²) in [6.45, 7) is 0.998. The minimum Gasteiger partial charge on any atom is -0.480 e. The highest BCUT2D eigenvalue weighted by Crippen LogP contribution is 2.39. The molecule has 1 saturated heterocycles. The molecule has 1 amide bonds. The number of fused-ring (bicyclic) bond motifs is 1. The van der Waals surface area contributed by atoms with Crippen LogP contribution in [0.15, 0.2) is 35.5 Å². The van der Waals surface area contributed by atoms with Gasteiger partial charge in [-0.3, -0.25) is 9.20 Å². The van der Waals surface area contributed by atoms with E-state index in [0.717, 1.165) is 0 Å². The highest BCUT2D eigenvalue weighted by atomic mass is 32.2. The molecule has 0 spiro atoms. The Morgan fingerprint density at radius 3 is 2.74 bits per heavy atom. The molecule has 9 nitrogen and oxygen atoms in total. The van der Waals surface area contributed by atoms with Crippen LogP contribution in [-0.2, 0) is 0 Å². The largest absolute Gasteiger partial charge is 0.480 e. The van der Waals surface area contributed by atoms with Crippen LogP contribution in [0.4, 0.5) is 28.9 Å². The van der Waals surface area contributed by atoms with Gasteiger partial charge in [-0.2, -0.15) is 13.2 Å². The van der Waals surface area contributed by atoms with E-state index in [0.29, 0.717) is 24.3 Å². The number of amides is 1. The Labute approximate surface area is 226 Å². The minimum absolute atomic E-state index is 0.0333. The number of hydrogen-bond acceptors (Lipinski definition) is 8. The quantitative estimate of drug-likeness (QED) is 0.227. The number of imidazole rings is 1. The molecule has 2 unspecified atom stereocenters. The Kier molecular flexibility index (Phi) is 8.71. The zero-order chi connectivity index (χ0) is 28.2. The van der Waals surface area contributed by atoms with Crippen LogP contribution in [0.25, 0.3) is 5.65 Å². The molecule has 1 aliphatic heterocycles. The van der Waals surface area contributed by atoms with Crippen LogP contribution >= 0.6 is 11.8 Å². The van der Waals surface area contributed by atoms with Crippen molar-refractivity contribution < 1.29 is 27.1 Å². The predicted molar refractivity (Wildman–Crippen MR) is 141 cm³/mol. The zero-order valence-electron chi connectivity index (χ0n) is 21.4. The van der Waals surface area contributed by atoms with E-state index in [1.54, 1.807) is 18.2 Å². The maximum absolute atomic E-state index is 14.6. The lowest BCUT2D eigenvalue weighted by Gasteiger charge is -2.33. The van der Waals surface area contributed by atoms with Crippen LogP contribution < -0.4 is 20.7 Å². The monoisotopic (exact) mass is 565 g/mol. The van der Waals surface area contributed by atoms with Crippen LogP contribution in [0.3, 0.4) is 0 Å². The number of carbonyl (C=O) groups excluding carboxylic acids is 1. The van der Waals surface area contributed by atoms with E-state index < -0.39 is 17.7 Å². The fraction of sp³-hybridized carbons (Fsp3) is 0.400. The molecule has 0 radical (unpaired) electrons. The number of thioether (sulfide) groups is 1. The van der Waals surface area contributed by atoms with E-state index in [-0.39, 0.29) is 58.7 Å². The average Bonchev–Trinajstić information content (AvgIpc) is 3.24. The molecule has 208 valence electrons. The lowest BCUT2D eigenvalue weighted by Crippen LogP contribution is -2.46. The number of hydrogen-bond donors (Lipinski definition) is 3. The molecule has 0 aliphatic carbocycles. The lowest BCUT2D eigenvalue weighted by molar-refractivity contribution is -0.0330. The first-order valence-corrected chi connectivity index (χ1v) is 12.8. The molecule has 4 heterocycles. The Morgan fingerprint density at radius 2 is 2.05 bits per heavy atom. The normalized spacial score (nSPS) is 17.8. The third kappa shape index (κ3) is 6.85. The first-order chi connectivity index (χ1) is 18.6. The van der Waals surface area contributed by atoms with Crippen molar-refractivity contribution in [1.29, 1.82) is 0 Å². The summed E-state index contributed by atoms with van der Waals surface area (Å²) in [7, 11) is 4.71. The molecule has 0 aromatic carbocycles. The highest BCUT2D eigenvalue weighted by Gasteiger charge is 2.33. The fourth-order valence-electron chi connectivity index (χ4n) is 4.12. The van der Waals surface area contributed by atoms with Gasteiger partial charge in [0.15, 0.2) is 5.65 Å². The van der Waals surface area contributed by atoms with Crippen molar-refractivity contribution in [1.82, 2.24) is 24.6 Å². The maximum atomic E-state index is 14.6. The topological polar surface area (TPSA) is 95.8 Å². The van der Waals surface area contributed by atoms with E-state index in [1.807, 2.05) is 11.9 Å². The number of likely N-dealkylation sites (tertiary alicyclic amines) is 1. The lowest BCUT2D eigenvalue weighted by atomic mass is 10.0. The summed E-state index contributed by atoms with van der Waals surface area (Å²) in [6, 6.07) is 5.85. The van der Waals surface area contributed by atoms with Crippen LogP contribution in [-0.4, -0.2) is 83.7 Å². The summed E-state index contributed by atoms with van der Waals surface area (Å²) in [6.07, 6.45) is 0.881. The third-order valence-electron chi connectivity index (χ3n) is 5.99. The molecular weight excluding hydrogens is 538 g/mol. The Hall–Kier alpha value is -3.70. The van der Waals surface area contributed by atoms with Crippen molar-refractivity contribution in [3.63, 3.8) is 0 Å². The second kappa shape index (κ2) is 12.0. The van der Waals surface area contributed by atoms with Gasteiger partial charge in [-0.05, 0) is 43.7 Å². The van der Waals surface area contributed by atoms with E-state index in [9.17, 15) is 22.4 Å². The number of alkyl halides is 4. The number of pyridine rings is 2. The van der Waals surface area contributed by atoms with Crippen LogP contribution in [0.1, 0.15) is 22.6 Å². The molecule has 0 saturated carbocycles. The molecule has 1 aliphatic rings. The number of nitrogens with zero attached hydrogens (tertiary/aromatic N) is 4. The van der Waals surface area contributed by atoms with Gasteiger partial charge in [0, 0.05) is 38.1 Å². The number of anilines is 2. The highest BCUT2D eigenvalue weighted by molar-refractivity contribution is 8.00. The summed E-state index contributed by atoms with van der Waals surface area (Å²) in [5, 5.41) is 8.39. The van der Waals surface area contributed by atoms with Crippen molar-refractivity contribution in [2.45, 2.75) is 29.2 Å². The van der Waals surface area contributed by atoms with Crippen molar-refractivity contribution in [3.8, 4) is 17.7 Å². The van der Waals surface area contributed by atoms with E-state index in [4.69, 9.17) is 4.74 Å². The van der Waals surface area contributed by atoms with E-state index in [2.05, 4.69) is 37.8 Å². The number of rotatable bonds is 7. The summed E-state index contributed by atoms with van der Waals surface area (Å²) in [5.74, 6) is 5.28. The maximum Gasteiger partial charge on any atom is 0.447 e. The molecule has 3 aromatic heterocycles. The molecule has 39 heavy (non-hydrogen) atoms. The van der Waals surface area contributed by atoms with Crippen LogP contribution in [0.5, 0.6) is 5.88 Å². The standard InChI is InChI=1S/C25H27F4N7O2S/c1-30-22(37)18-8-9-19(23(34-18)38-3)31-11-4-6-20-24(39-25(27,28)29)36-12-5-7-17(21(36)33-20)32-16-10-13-35(2)14-15(16)26/h5,7-9,12,15-16,31-32H,10-11,13-14H2,1-3H3,(H,30,37). The SMILES string of the molecule is CNC(=O)c1ccc(NCC#Cc2nc3c(NC4CCN(C)CC4F)cccn3c2SC(F)(F)F)c(OC)n1. The summed E-state index contributed by atoms with van der Waals surface area (Å²) >= 11 is -0.313. The van der Waals surface area contributed by atoms with Gasteiger partial charge >= 0.3 is 5.51 Å². The molecule has 4 rings (SSSR count). The molecule has 0 bridgehead atoms. The average molecular weight is 566 g/mol. The summed E-state index contributed by atoms with van der Waals surface area (Å²) in [4.78, 5) is 22.2. The van der Waals surface area contributed by atoms with Gasteiger partial charge in [-0.15, -0.1) is 0 Å². The number of nitrogens with one attached hydrogen (secondary N) is 3. The summed E-state index contributed by atoms with van der Waals surface area (Å²) < 4.78 is 61.5. The molecule has 14 heteroatoms. The van der Waals surface area contributed by atoms with E-state index in [1.165, 1.54) is 30.8 Å². The van der Waals surface area contributed by atoms with Gasteiger partial charge in [0.05, 0.1) is 31.1 Å². The second-order valence-corrected chi connectivity index (χ2v) is 9.79. The molecular formula is C25H27F4N7O2S. The van der Waals surface area contributed by atoms with Gasteiger partial charge in [-0.1, -0.05) is 5.92 Å². The van der Waals surface area contributed by atoms with Crippen molar-refractivity contribution >= 4 is 34.7 Å². The van der Waals surface area contributed by atoms with Crippen LogP contribution in [0, 0.1) is 11.8 Å². The fourth-order valence-corrected chi connectivity index (χ4v) is 4.78. The Balaban J connectivity index is 1.59. The molecule has 3 N–H and O–H groups in total. The number of methoxy groups -OCH3 is 1. The molecule has 2 atom stereocenters. The van der Waals surface area contributed by atoms with Gasteiger partial charge in [0.1, 0.15) is 22.6 Å². The number of ether oxygens (including phenoxy) is 1. The van der Waals surface area contributed by atoms with Crippen molar-refractivity contribution in [2.75, 3.05) is 51.5 Å². The van der Waals surface area contributed by atoms with Gasteiger partial charge in [-0.25, -0.2) is 14.4 Å². The van der Waals surface area contributed by atoms with Gasteiger partial charge < -0.3 is 25.6 Å². The number of halogens is 4. The third-order valence-corrected chi connectivity index (χ3v) is 6.81. The Morgan fingerprint density at radius 1 is 1.26 bits per heavy atom. The first-order valence-electron chi connectivity index (χ1n) is 12.0. The van der Waals surface area contributed by atoms with Crippen LogP contribution in [0.2, 0.25) is 0 Å². The molecule has 3 aromatic rings. The predicted octanol–water partition coefficient (Wildman–Crippen LogP) is 3.63. The minimum atomic E-state index is -4.57. The summed E-state index contributed by atoms with van der Waals surface area (Å²) in [5.41, 5.74) is -3.37. The van der Waals surface area contributed by atoms with Gasteiger partial charge in [0.25, 0.3) is 5.91 Å². The van der Waals surface area contributed by atoms with Gasteiger partial charge in [0.2, 0.25) is 5.88 Å². The Bertz CT molecular complexity index is 1400. The second-order valence-electron chi connectivity index (χ2n) is 8.73. The first kappa shape index (κ1) is 28.3. The smallest absolute Gasteiger partial charge is 0.447 e. The van der Waals surface area contributed by atoms with Crippen molar-refractivity contribution in [3.05, 3.63) is 41.9 Å². The van der Waals surface area contributed by atoms with Crippen molar-refractivity contribution in [2.24, 2.45) is 0 Å². The molecule has 1 fully saturated rings.